The molecule has 0 radical (unpaired) electrons. The minimum Gasteiger partial charge on any atom is -0.459 e. The van der Waals surface area contributed by atoms with E-state index in [1.165, 1.54) is 6.26 Å². The Morgan fingerprint density at radius 3 is 2.67 bits per heavy atom. The van der Waals surface area contributed by atoms with Gasteiger partial charge in [-0.15, -0.1) is 10.2 Å². The van der Waals surface area contributed by atoms with Crippen LogP contribution in [0.25, 0.3) is 11.4 Å². The average molecular weight is 543 g/mol. The van der Waals surface area contributed by atoms with E-state index in [0.717, 1.165) is 23.1 Å². The van der Waals surface area contributed by atoms with Crippen LogP contribution in [0.2, 0.25) is 18.1 Å². The fraction of sp³-hybridized carbons (Fsp3) is 0.345. The van der Waals surface area contributed by atoms with E-state index in [9.17, 15) is 4.79 Å². The van der Waals surface area contributed by atoms with Crippen molar-refractivity contribution in [3.05, 3.63) is 77.5 Å². The first-order chi connectivity index (χ1) is 18.5. The highest BCUT2D eigenvalue weighted by atomic mass is 28.4. The normalized spacial score (nSPS) is 11.6. The third-order valence-electron chi connectivity index (χ3n) is 6.76. The Balaban J connectivity index is 1.37. The molecule has 1 aromatic carbocycles. The number of furan rings is 1. The molecular weight excluding hydrogens is 508 g/mol. The first-order valence-corrected chi connectivity index (χ1v) is 15.8. The molecule has 0 aliphatic heterocycles. The van der Waals surface area contributed by atoms with Gasteiger partial charge in [-0.1, -0.05) is 38.7 Å². The second-order valence-corrected chi connectivity index (χ2v) is 15.7. The van der Waals surface area contributed by atoms with Gasteiger partial charge >= 0.3 is 0 Å². The highest BCUT2D eigenvalue weighted by Crippen LogP contribution is 2.36. The Labute approximate surface area is 230 Å². The van der Waals surface area contributed by atoms with Gasteiger partial charge in [0, 0.05) is 46.9 Å². The topological polar surface area (TPSA) is 108 Å². The number of aryl methyl sites for hydroxylation is 2. The van der Waals surface area contributed by atoms with Gasteiger partial charge in [0.25, 0.3) is 5.91 Å². The van der Waals surface area contributed by atoms with E-state index < -0.39 is 8.32 Å². The lowest BCUT2D eigenvalue weighted by Crippen LogP contribution is -2.41. The number of rotatable bonds is 8. The van der Waals surface area contributed by atoms with E-state index in [1.807, 2.05) is 31.2 Å². The van der Waals surface area contributed by atoms with Crippen LogP contribution in [-0.4, -0.2) is 46.0 Å². The molecule has 4 rings (SSSR count). The minimum atomic E-state index is -1.76. The van der Waals surface area contributed by atoms with Gasteiger partial charge in [0.15, 0.2) is 14.1 Å². The van der Waals surface area contributed by atoms with Crippen molar-refractivity contribution in [3.63, 3.8) is 0 Å². The quantitative estimate of drug-likeness (QED) is 0.173. The summed E-state index contributed by atoms with van der Waals surface area (Å²) in [5, 5.41) is 15.9. The number of aromatic nitrogens is 5. The van der Waals surface area contributed by atoms with Crippen LogP contribution in [0.3, 0.4) is 0 Å². The predicted octanol–water partition coefficient (Wildman–Crippen LogP) is 5.70. The molecule has 0 aliphatic carbocycles. The highest BCUT2D eigenvalue weighted by Gasteiger charge is 2.36. The van der Waals surface area contributed by atoms with Crippen LogP contribution in [-0.2, 0) is 11.0 Å². The third kappa shape index (κ3) is 7.28. The smallest absolute Gasteiger partial charge is 0.291 e. The van der Waals surface area contributed by atoms with Crippen molar-refractivity contribution < 1.29 is 13.6 Å². The Morgan fingerprint density at radius 1 is 1.13 bits per heavy atom. The molecule has 0 saturated heterocycles. The fourth-order valence-corrected chi connectivity index (χ4v) is 4.53. The van der Waals surface area contributed by atoms with Crippen molar-refractivity contribution in [3.8, 4) is 23.2 Å². The fourth-order valence-electron chi connectivity index (χ4n) is 3.45. The number of anilines is 1. The summed E-state index contributed by atoms with van der Waals surface area (Å²) in [4.78, 5) is 18.3. The Hall–Kier alpha value is -4.07. The maximum absolute atomic E-state index is 12.4. The van der Waals surface area contributed by atoms with Gasteiger partial charge in [-0.2, -0.15) is 4.80 Å². The first kappa shape index (κ1) is 27.9. The molecule has 3 aromatic heterocycles. The molecule has 0 atom stereocenters. The van der Waals surface area contributed by atoms with Crippen LogP contribution in [0.4, 0.5) is 5.69 Å². The molecular formula is C29H34N6O3Si. The molecule has 9 nitrogen and oxygen atoms in total. The van der Waals surface area contributed by atoms with E-state index in [1.54, 1.807) is 29.3 Å². The van der Waals surface area contributed by atoms with Crippen LogP contribution in [0.15, 0.2) is 59.5 Å². The third-order valence-corrected chi connectivity index (χ3v) is 11.3. The molecule has 0 unspecified atom stereocenters. The number of carbonyl (C=O) groups excluding carboxylic acids is 1. The summed E-state index contributed by atoms with van der Waals surface area (Å²) in [7, 11) is -1.76. The summed E-state index contributed by atoms with van der Waals surface area (Å²) in [6.45, 7) is 14.3. The van der Waals surface area contributed by atoms with Gasteiger partial charge in [-0.3, -0.25) is 9.78 Å². The van der Waals surface area contributed by atoms with E-state index in [0.29, 0.717) is 36.0 Å². The number of hydrogen-bond acceptors (Lipinski definition) is 7. The van der Waals surface area contributed by atoms with Crippen LogP contribution in [0, 0.1) is 18.8 Å². The van der Waals surface area contributed by atoms with Crippen molar-refractivity contribution in [2.24, 2.45) is 0 Å². The molecule has 0 saturated carbocycles. The summed E-state index contributed by atoms with van der Waals surface area (Å²) in [5.74, 6) is 6.73. The lowest BCUT2D eigenvalue weighted by atomic mass is 10.1. The molecule has 1 amide bonds. The second kappa shape index (κ2) is 11.8. The molecule has 0 fully saturated rings. The largest absolute Gasteiger partial charge is 0.459 e. The zero-order valence-electron chi connectivity index (χ0n) is 23.3. The highest BCUT2D eigenvalue weighted by molar-refractivity contribution is 6.74. The predicted molar refractivity (Wildman–Crippen MR) is 153 cm³/mol. The van der Waals surface area contributed by atoms with Crippen molar-refractivity contribution >= 4 is 19.9 Å². The van der Waals surface area contributed by atoms with Crippen LogP contribution in [0.5, 0.6) is 0 Å². The van der Waals surface area contributed by atoms with Crippen molar-refractivity contribution in [1.29, 1.82) is 0 Å². The average Bonchev–Trinajstić information content (AvgIpc) is 3.54. The molecule has 0 aliphatic rings. The maximum atomic E-state index is 12.4. The number of nitrogens with one attached hydrogen (secondary N) is 1. The number of tetrazole rings is 1. The summed E-state index contributed by atoms with van der Waals surface area (Å²) < 4.78 is 11.5. The Morgan fingerprint density at radius 2 is 1.92 bits per heavy atom. The Kier molecular flexibility index (Phi) is 8.43. The van der Waals surface area contributed by atoms with Gasteiger partial charge in [0.1, 0.15) is 0 Å². The SMILES string of the molecule is Cc1ccoc1C(=O)Nc1cccc(C#Cc2cncc(-c3nnn(CCCO[Si](C)(C)C(C)(C)C)n3)c2)c1. The summed E-state index contributed by atoms with van der Waals surface area (Å²) in [5.41, 5.74) is 3.61. The molecule has 4 aromatic rings. The van der Waals surface area contributed by atoms with Crippen molar-refractivity contribution in [1.82, 2.24) is 25.2 Å². The monoisotopic (exact) mass is 542 g/mol. The van der Waals surface area contributed by atoms with Crippen LogP contribution < -0.4 is 5.32 Å². The van der Waals surface area contributed by atoms with E-state index >= 15 is 0 Å². The van der Waals surface area contributed by atoms with Gasteiger partial charge in [0.05, 0.1) is 12.8 Å². The van der Waals surface area contributed by atoms with E-state index in [4.69, 9.17) is 8.84 Å². The summed E-state index contributed by atoms with van der Waals surface area (Å²) in [6, 6.07) is 11.0. The van der Waals surface area contributed by atoms with E-state index in [-0.39, 0.29) is 10.9 Å². The van der Waals surface area contributed by atoms with Gasteiger partial charge in [0.2, 0.25) is 5.82 Å². The second-order valence-electron chi connectivity index (χ2n) is 10.9. The molecule has 0 bridgehead atoms. The summed E-state index contributed by atoms with van der Waals surface area (Å²) in [6.07, 6.45) is 5.69. The molecule has 202 valence electrons. The van der Waals surface area contributed by atoms with Crippen LogP contribution in [0.1, 0.15) is 54.4 Å². The Bertz CT molecular complexity index is 1510. The molecule has 0 spiro atoms. The number of amides is 1. The zero-order chi connectivity index (χ0) is 28.0. The number of hydrogen-bond donors (Lipinski definition) is 1. The van der Waals surface area contributed by atoms with Crippen molar-refractivity contribution in [2.75, 3.05) is 11.9 Å². The van der Waals surface area contributed by atoms with E-state index in [2.05, 4.69) is 71.4 Å². The number of pyridine rings is 1. The summed E-state index contributed by atoms with van der Waals surface area (Å²) >= 11 is 0. The van der Waals surface area contributed by atoms with Crippen molar-refractivity contribution in [2.45, 2.75) is 58.8 Å². The molecule has 1 N–H and O–H groups in total. The van der Waals surface area contributed by atoms with Crippen LogP contribution >= 0.6 is 0 Å². The zero-order valence-corrected chi connectivity index (χ0v) is 24.3. The first-order valence-electron chi connectivity index (χ1n) is 12.9. The van der Waals surface area contributed by atoms with Gasteiger partial charge in [-0.25, -0.2) is 0 Å². The lowest BCUT2D eigenvalue weighted by Gasteiger charge is -2.36. The minimum absolute atomic E-state index is 0.185. The maximum Gasteiger partial charge on any atom is 0.291 e. The number of nitrogens with zero attached hydrogens (tertiary/aromatic N) is 5. The molecule has 10 heteroatoms. The van der Waals surface area contributed by atoms with Gasteiger partial charge in [-0.05, 0) is 67.0 Å². The lowest BCUT2D eigenvalue weighted by molar-refractivity contribution is 0.0996. The number of carbonyl (C=O) groups is 1. The van der Waals surface area contributed by atoms with Gasteiger partial charge < -0.3 is 14.2 Å². The number of benzene rings is 1. The molecule has 3 heterocycles. The molecule has 39 heavy (non-hydrogen) atoms. The standard InChI is InChI=1S/C29H34N6O3Si/c1-21-13-16-37-26(21)28(36)31-25-10-7-9-22(18-25)11-12-23-17-24(20-30-19-23)27-32-34-35(33-27)14-8-15-38-39(5,6)29(2,3)4/h7,9-10,13,16-20H,8,14-15H2,1-6H3,(H,31,36).